The number of hydrogen-bond acceptors (Lipinski definition) is 5. The first kappa shape index (κ1) is 12.9. The van der Waals surface area contributed by atoms with Crippen LogP contribution in [0.15, 0.2) is 30.3 Å². The van der Waals surface area contributed by atoms with Gasteiger partial charge in [-0.05, 0) is 12.5 Å². The van der Waals surface area contributed by atoms with E-state index in [-0.39, 0.29) is 17.7 Å². The molecule has 0 radical (unpaired) electrons. The van der Waals surface area contributed by atoms with Gasteiger partial charge in [0.2, 0.25) is 16.9 Å². The Bertz CT molecular complexity index is 668. The van der Waals surface area contributed by atoms with E-state index in [1.165, 1.54) is 16.2 Å². The number of aryl methyl sites for hydroxylation is 1. The van der Waals surface area contributed by atoms with E-state index in [1.807, 2.05) is 30.3 Å². The van der Waals surface area contributed by atoms with Gasteiger partial charge in [-0.25, -0.2) is 4.90 Å². The number of rotatable bonds is 2. The van der Waals surface area contributed by atoms with E-state index in [0.717, 1.165) is 10.6 Å². The fraction of sp³-hybridized carbons (Fsp3) is 0.286. The van der Waals surface area contributed by atoms with Crippen molar-refractivity contribution in [2.75, 3.05) is 4.90 Å². The van der Waals surface area contributed by atoms with Gasteiger partial charge in [-0.2, -0.15) is 0 Å². The Hall–Kier alpha value is -2.08. The second kappa shape index (κ2) is 4.79. The minimum Gasteiger partial charge on any atom is -0.274 e. The molecule has 1 fully saturated rings. The lowest BCUT2D eigenvalue weighted by atomic mass is 9.89. The monoisotopic (exact) mass is 287 g/mol. The number of aromatic nitrogens is 2. The van der Waals surface area contributed by atoms with Gasteiger partial charge in [-0.15, -0.1) is 10.2 Å². The first-order valence-electron chi connectivity index (χ1n) is 6.32. The molecule has 0 bridgehead atoms. The molecule has 1 aromatic carbocycles. The Morgan fingerprint density at radius 2 is 1.80 bits per heavy atom. The number of benzene rings is 1. The Morgan fingerprint density at radius 3 is 2.40 bits per heavy atom. The lowest BCUT2D eigenvalue weighted by Gasteiger charge is -2.11. The maximum absolute atomic E-state index is 12.6. The molecule has 102 valence electrons. The van der Waals surface area contributed by atoms with Crippen molar-refractivity contribution in [3.05, 3.63) is 40.9 Å². The van der Waals surface area contributed by atoms with Gasteiger partial charge in [0.1, 0.15) is 5.01 Å². The van der Waals surface area contributed by atoms with Crippen molar-refractivity contribution in [1.29, 1.82) is 0 Å². The summed E-state index contributed by atoms with van der Waals surface area (Å²) in [7, 11) is 0. The first-order valence-corrected chi connectivity index (χ1v) is 7.14. The molecule has 2 heterocycles. The van der Waals surface area contributed by atoms with Crippen LogP contribution in [0.5, 0.6) is 0 Å². The van der Waals surface area contributed by atoms with E-state index in [0.29, 0.717) is 5.13 Å². The van der Waals surface area contributed by atoms with Crippen LogP contribution in [-0.4, -0.2) is 22.0 Å². The normalized spacial score (nSPS) is 22.6. The highest BCUT2D eigenvalue weighted by atomic mass is 32.1. The summed E-state index contributed by atoms with van der Waals surface area (Å²) in [6, 6.07) is 9.39. The van der Waals surface area contributed by atoms with Gasteiger partial charge in [0.25, 0.3) is 0 Å². The van der Waals surface area contributed by atoms with E-state index in [2.05, 4.69) is 10.2 Å². The summed E-state index contributed by atoms with van der Waals surface area (Å²) in [5.74, 6) is -1.24. The maximum atomic E-state index is 12.6. The van der Waals surface area contributed by atoms with Gasteiger partial charge in [0, 0.05) is 0 Å². The van der Waals surface area contributed by atoms with Gasteiger partial charge in [-0.1, -0.05) is 48.6 Å². The van der Waals surface area contributed by atoms with E-state index >= 15 is 0 Å². The van der Waals surface area contributed by atoms with Crippen LogP contribution in [0.1, 0.15) is 23.4 Å². The summed E-state index contributed by atoms with van der Waals surface area (Å²) in [4.78, 5) is 26.1. The molecule has 2 atom stereocenters. The zero-order valence-electron chi connectivity index (χ0n) is 11.1. The SMILES string of the molecule is Cc1nnc(N2C(=O)C(C)C(c3ccccc3)C2=O)s1. The van der Waals surface area contributed by atoms with Crippen LogP contribution in [-0.2, 0) is 9.59 Å². The number of carbonyl (C=O) groups is 2. The Labute approximate surface area is 120 Å². The molecule has 1 aliphatic rings. The molecule has 0 aliphatic carbocycles. The zero-order chi connectivity index (χ0) is 14.3. The molecule has 1 aliphatic heterocycles. The molecular formula is C14H13N3O2S. The highest BCUT2D eigenvalue weighted by Gasteiger charge is 2.47. The molecule has 1 saturated heterocycles. The molecule has 2 amide bonds. The van der Waals surface area contributed by atoms with Gasteiger partial charge in [0.15, 0.2) is 0 Å². The Morgan fingerprint density at radius 1 is 1.10 bits per heavy atom. The van der Waals surface area contributed by atoms with Crippen LogP contribution in [0.3, 0.4) is 0 Å². The number of carbonyl (C=O) groups excluding carboxylic acids is 2. The second-order valence-electron chi connectivity index (χ2n) is 4.79. The summed E-state index contributed by atoms with van der Waals surface area (Å²) in [5, 5.41) is 8.89. The minimum atomic E-state index is -0.437. The molecule has 1 aromatic heterocycles. The van der Waals surface area contributed by atoms with Crippen LogP contribution in [0.2, 0.25) is 0 Å². The van der Waals surface area contributed by atoms with E-state index < -0.39 is 5.92 Å². The van der Waals surface area contributed by atoms with Gasteiger partial charge < -0.3 is 0 Å². The van der Waals surface area contributed by atoms with Crippen LogP contribution in [0.25, 0.3) is 0 Å². The van der Waals surface area contributed by atoms with Crippen molar-refractivity contribution in [3.8, 4) is 0 Å². The number of anilines is 1. The quantitative estimate of drug-likeness (QED) is 0.794. The van der Waals surface area contributed by atoms with E-state index in [1.54, 1.807) is 13.8 Å². The lowest BCUT2D eigenvalue weighted by Crippen LogP contribution is -2.30. The number of hydrogen-bond donors (Lipinski definition) is 0. The standard InChI is InChI=1S/C14H13N3O2S/c1-8-11(10-6-4-3-5-7-10)13(19)17(12(8)18)14-16-15-9(2)20-14/h3-8,11H,1-2H3. The highest BCUT2D eigenvalue weighted by Crippen LogP contribution is 2.38. The smallest absolute Gasteiger partial charge is 0.244 e. The molecule has 6 heteroatoms. The molecule has 0 saturated carbocycles. The fourth-order valence-electron chi connectivity index (χ4n) is 2.46. The second-order valence-corrected chi connectivity index (χ2v) is 5.95. The third-order valence-corrected chi connectivity index (χ3v) is 4.29. The van der Waals surface area contributed by atoms with Gasteiger partial charge in [-0.3, -0.25) is 9.59 Å². The summed E-state index contributed by atoms with van der Waals surface area (Å²) in [6.45, 7) is 3.58. The molecule has 3 rings (SSSR count). The summed E-state index contributed by atoms with van der Waals surface area (Å²) in [5.41, 5.74) is 0.863. The summed E-state index contributed by atoms with van der Waals surface area (Å²) < 4.78 is 0. The average Bonchev–Trinajstić information content (AvgIpc) is 2.94. The Kier molecular flexibility index (Phi) is 3.10. The van der Waals surface area contributed by atoms with Crippen molar-refractivity contribution in [3.63, 3.8) is 0 Å². The van der Waals surface area contributed by atoms with Gasteiger partial charge in [0.05, 0.1) is 11.8 Å². The third-order valence-electron chi connectivity index (χ3n) is 3.46. The molecule has 20 heavy (non-hydrogen) atoms. The van der Waals surface area contributed by atoms with Crippen molar-refractivity contribution >= 4 is 28.3 Å². The topological polar surface area (TPSA) is 63.2 Å². The fourth-order valence-corrected chi connectivity index (χ4v) is 3.16. The molecule has 2 unspecified atom stereocenters. The minimum absolute atomic E-state index is 0.208. The summed E-state index contributed by atoms with van der Waals surface area (Å²) in [6.07, 6.45) is 0. The molecule has 0 N–H and O–H groups in total. The molecule has 0 spiro atoms. The van der Waals surface area contributed by atoms with Crippen molar-refractivity contribution in [2.24, 2.45) is 5.92 Å². The number of nitrogens with zero attached hydrogens (tertiary/aromatic N) is 3. The van der Waals surface area contributed by atoms with Crippen LogP contribution in [0, 0.1) is 12.8 Å². The van der Waals surface area contributed by atoms with E-state index in [4.69, 9.17) is 0 Å². The molecular weight excluding hydrogens is 274 g/mol. The summed E-state index contributed by atoms with van der Waals surface area (Å²) >= 11 is 1.25. The maximum Gasteiger partial charge on any atom is 0.244 e. The zero-order valence-corrected chi connectivity index (χ0v) is 11.9. The first-order chi connectivity index (χ1) is 9.59. The van der Waals surface area contributed by atoms with Crippen molar-refractivity contribution in [2.45, 2.75) is 19.8 Å². The predicted molar refractivity (Wildman–Crippen MR) is 75.5 cm³/mol. The van der Waals surface area contributed by atoms with Gasteiger partial charge >= 0.3 is 0 Å². The third kappa shape index (κ3) is 1.92. The van der Waals surface area contributed by atoms with Crippen LogP contribution in [0.4, 0.5) is 5.13 Å². The van der Waals surface area contributed by atoms with Crippen LogP contribution >= 0.6 is 11.3 Å². The molecule has 2 aromatic rings. The predicted octanol–water partition coefficient (Wildman–Crippen LogP) is 2.14. The van der Waals surface area contributed by atoms with Crippen molar-refractivity contribution in [1.82, 2.24) is 10.2 Å². The van der Waals surface area contributed by atoms with E-state index in [9.17, 15) is 9.59 Å². The average molecular weight is 287 g/mol. The lowest BCUT2D eigenvalue weighted by molar-refractivity contribution is -0.122. The highest BCUT2D eigenvalue weighted by molar-refractivity contribution is 7.15. The van der Waals surface area contributed by atoms with Crippen LogP contribution < -0.4 is 4.90 Å². The molecule has 5 nitrogen and oxygen atoms in total. The number of imide groups is 1. The number of amides is 2. The van der Waals surface area contributed by atoms with Crippen molar-refractivity contribution < 1.29 is 9.59 Å². The largest absolute Gasteiger partial charge is 0.274 e. The Balaban J connectivity index is 2.00.